The number of carbonyl (C=O) groups is 1. The molecule has 4 N–H and O–H groups in total. The van der Waals surface area contributed by atoms with Gasteiger partial charge in [-0.1, -0.05) is 18.2 Å². The van der Waals surface area contributed by atoms with Gasteiger partial charge in [0.1, 0.15) is 0 Å². The first-order valence-corrected chi connectivity index (χ1v) is 9.14. The number of hydrogen-bond donors (Lipinski definition) is 2. The third-order valence-electron chi connectivity index (χ3n) is 3.42. The average molecular weight is 348 g/mol. The van der Waals surface area contributed by atoms with E-state index in [-0.39, 0.29) is 10.8 Å². The van der Waals surface area contributed by atoms with Crippen LogP contribution in [0.3, 0.4) is 0 Å². The molecule has 2 aromatic carbocycles. The van der Waals surface area contributed by atoms with Crippen molar-refractivity contribution in [2.75, 3.05) is 22.7 Å². The van der Waals surface area contributed by atoms with E-state index in [4.69, 9.17) is 0 Å². The minimum absolute atomic E-state index is 0.185. The second-order valence-electron chi connectivity index (χ2n) is 5.33. The van der Waals surface area contributed by atoms with Gasteiger partial charge in [-0.25, -0.2) is 8.42 Å². The van der Waals surface area contributed by atoms with Crippen LogP contribution in [0.4, 0.5) is 11.4 Å². The van der Waals surface area contributed by atoms with E-state index in [1.54, 1.807) is 24.3 Å². The second kappa shape index (κ2) is 7.94. The highest BCUT2D eigenvalue weighted by atomic mass is 32.2. The Morgan fingerprint density at radius 2 is 1.71 bits per heavy atom. The van der Waals surface area contributed by atoms with Gasteiger partial charge in [-0.2, -0.15) is 0 Å². The molecule has 0 aromatic heterocycles. The topological polar surface area (TPSA) is 94.1 Å². The molecular formula is C17H22N3O3S+. The Bertz CT molecular complexity index is 774. The molecule has 128 valence electrons. The Kier molecular flexibility index (Phi) is 5.94. The molecule has 1 amide bonds. The summed E-state index contributed by atoms with van der Waals surface area (Å²) in [5.41, 5.74) is 4.97. The van der Waals surface area contributed by atoms with Crippen LogP contribution in [0.1, 0.15) is 13.3 Å². The van der Waals surface area contributed by atoms with E-state index in [1.807, 2.05) is 18.2 Å². The lowest BCUT2D eigenvalue weighted by molar-refractivity contribution is -0.367. The van der Waals surface area contributed by atoms with Crippen LogP contribution in [-0.2, 0) is 14.8 Å². The molecule has 0 heterocycles. The fourth-order valence-electron chi connectivity index (χ4n) is 2.28. The molecule has 0 unspecified atom stereocenters. The van der Waals surface area contributed by atoms with Gasteiger partial charge in [-0.15, -0.1) is 0 Å². The maximum Gasteiger partial charge on any atom is 0.264 e. The molecular weight excluding hydrogens is 326 g/mol. The van der Waals surface area contributed by atoms with Gasteiger partial charge < -0.3 is 11.1 Å². The van der Waals surface area contributed by atoms with Crippen LogP contribution in [0.15, 0.2) is 59.5 Å². The Morgan fingerprint density at radius 3 is 2.25 bits per heavy atom. The molecule has 0 fully saturated rings. The number of anilines is 2. The van der Waals surface area contributed by atoms with Gasteiger partial charge in [0.15, 0.2) is 0 Å². The molecule has 2 rings (SSSR count). The van der Waals surface area contributed by atoms with Crippen LogP contribution < -0.4 is 15.4 Å². The molecule has 7 heteroatoms. The van der Waals surface area contributed by atoms with E-state index in [0.717, 1.165) is 0 Å². The summed E-state index contributed by atoms with van der Waals surface area (Å²) >= 11 is 0. The molecule has 0 aliphatic rings. The van der Waals surface area contributed by atoms with Gasteiger partial charge >= 0.3 is 0 Å². The number of nitrogens with one attached hydrogen (secondary N) is 1. The Balaban J connectivity index is 2.35. The van der Waals surface area contributed by atoms with E-state index in [9.17, 15) is 13.2 Å². The van der Waals surface area contributed by atoms with Crippen LogP contribution in [0.5, 0.6) is 0 Å². The lowest BCUT2D eigenvalue weighted by atomic mass is 10.3. The predicted octanol–water partition coefficient (Wildman–Crippen LogP) is 1.47. The van der Waals surface area contributed by atoms with Crippen molar-refractivity contribution in [3.8, 4) is 0 Å². The molecule has 0 bridgehead atoms. The number of carbonyl (C=O) groups excluding carboxylic acids is 1. The number of hydrogen-bond acceptors (Lipinski definition) is 3. The minimum Gasteiger partial charge on any atom is -0.358 e. The average Bonchev–Trinajstić information content (AvgIpc) is 2.56. The molecule has 0 aliphatic carbocycles. The Morgan fingerprint density at radius 1 is 1.08 bits per heavy atom. The lowest BCUT2D eigenvalue weighted by Gasteiger charge is -2.24. The van der Waals surface area contributed by atoms with Crippen LogP contribution in [0, 0.1) is 0 Å². The van der Waals surface area contributed by atoms with E-state index < -0.39 is 10.0 Å². The van der Waals surface area contributed by atoms with E-state index >= 15 is 0 Å². The molecule has 24 heavy (non-hydrogen) atoms. The molecule has 0 saturated carbocycles. The SMILES string of the molecule is CC(=O)Nc1ccc(S(=O)(=O)N(CCC[NH3+])c2ccccc2)cc1. The fourth-order valence-corrected chi connectivity index (χ4v) is 3.78. The van der Waals surface area contributed by atoms with Crippen molar-refractivity contribution in [1.29, 1.82) is 0 Å². The van der Waals surface area contributed by atoms with E-state index in [2.05, 4.69) is 11.1 Å². The number of benzene rings is 2. The van der Waals surface area contributed by atoms with E-state index in [1.165, 1.54) is 23.4 Å². The van der Waals surface area contributed by atoms with Gasteiger partial charge in [0.25, 0.3) is 10.0 Å². The van der Waals surface area contributed by atoms with Crippen molar-refractivity contribution in [1.82, 2.24) is 0 Å². The summed E-state index contributed by atoms with van der Waals surface area (Å²) in [4.78, 5) is 11.2. The second-order valence-corrected chi connectivity index (χ2v) is 7.19. The zero-order valence-electron chi connectivity index (χ0n) is 13.6. The number of para-hydroxylation sites is 1. The highest BCUT2D eigenvalue weighted by Gasteiger charge is 2.24. The van der Waals surface area contributed by atoms with Crippen molar-refractivity contribution in [3.63, 3.8) is 0 Å². The first-order valence-electron chi connectivity index (χ1n) is 7.70. The summed E-state index contributed by atoms with van der Waals surface area (Å²) in [5, 5.41) is 2.62. The minimum atomic E-state index is -3.68. The zero-order valence-corrected chi connectivity index (χ0v) is 14.4. The van der Waals surface area contributed by atoms with Gasteiger partial charge in [0.05, 0.1) is 17.1 Å². The number of rotatable bonds is 7. The van der Waals surface area contributed by atoms with Crippen molar-refractivity contribution < 1.29 is 18.9 Å². The molecule has 0 radical (unpaired) electrons. The normalized spacial score (nSPS) is 11.1. The summed E-state index contributed by atoms with van der Waals surface area (Å²) in [6, 6.07) is 15.2. The molecule has 0 spiro atoms. The van der Waals surface area contributed by atoms with Crippen LogP contribution in [0.2, 0.25) is 0 Å². The summed E-state index contributed by atoms with van der Waals surface area (Å²) in [6.07, 6.45) is 0.665. The molecule has 0 saturated heterocycles. The van der Waals surface area contributed by atoms with Crippen LogP contribution in [0.25, 0.3) is 0 Å². The predicted molar refractivity (Wildman–Crippen MR) is 94.1 cm³/mol. The number of nitrogens with zero attached hydrogens (tertiary/aromatic N) is 1. The maximum atomic E-state index is 13.0. The van der Waals surface area contributed by atoms with Crippen molar-refractivity contribution in [2.45, 2.75) is 18.2 Å². The monoisotopic (exact) mass is 348 g/mol. The first kappa shape index (κ1) is 18.0. The van der Waals surface area contributed by atoms with Crippen LogP contribution >= 0.6 is 0 Å². The van der Waals surface area contributed by atoms with Crippen molar-refractivity contribution in [2.24, 2.45) is 0 Å². The summed E-state index contributed by atoms with van der Waals surface area (Å²) in [6.45, 7) is 2.42. The Labute approximate surface area is 142 Å². The standard InChI is InChI=1S/C17H21N3O3S/c1-14(21)19-15-8-10-17(11-9-15)24(22,23)20(13-5-12-18)16-6-3-2-4-7-16/h2-4,6-11H,5,12-13,18H2,1H3,(H,19,21)/p+1. The van der Waals surface area contributed by atoms with Gasteiger partial charge in [0.2, 0.25) is 5.91 Å². The Hall–Kier alpha value is -2.38. The molecule has 2 aromatic rings. The van der Waals surface area contributed by atoms with Crippen molar-refractivity contribution >= 4 is 27.3 Å². The number of amides is 1. The summed E-state index contributed by atoms with van der Waals surface area (Å²) < 4.78 is 27.4. The third kappa shape index (κ3) is 4.33. The summed E-state index contributed by atoms with van der Waals surface area (Å²) in [5.74, 6) is -0.202. The third-order valence-corrected chi connectivity index (χ3v) is 5.26. The molecule has 6 nitrogen and oxygen atoms in total. The fraction of sp³-hybridized carbons (Fsp3) is 0.235. The quantitative estimate of drug-likeness (QED) is 0.793. The zero-order chi connectivity index (χ0) is 17.6. The maximum absolute atomic E-state index is 13.0. The van der Waals surface area contributed by atoms with Gasteiger partial charge in [0, 0.05) is 25.6 Å². The first-order chi connectivity index (χ1) is 11.4. The van der Waals surface area contributed by atoms with Gasteiger partial charge in [-0.3, -0.25) is 9.10 Å². The van der Waals surface area contributed by atoms with Crippen molar-refractivity contribution in [3.05, 3.63) is 54.6 Å². The highest BCUT2D eigenvalue weighted by Crippen LogP contribution is 2.24. The van der Waals surface area contributed by atoms with Gasteiger partial charge in [-0.05, 0) is 36.4 Å². The molecule has 0 aliphatic heterocycles. The highest BCUT2D eigenvalue weighted by molar-refractivity contribution is 7.92. The number of quaternary nitrogens is 1. The largest absolute Gasteiger partial charge is 0.358 e. The molecule has 0 atom stereocenters. The van der Waals surface area contributed by atoms with E-state index in [0.29, 0.717) is 30.9 Å². The smallest absolute Gasteiger partial charge is 0.264 e. The lowest BCUT2D eigenvalue weighted by Crippen LogP contribution is -2.51. The number of sulfonamides is 1. The summed E-state index contributed by atoms with van der Waals surface area (Å²) in [7, 11) is -3.68. The van der Waals surface area contributed by atoms with Crippen LogP contribution in [-0.4, -0.2) is 27.4 Å².